The van der Waals surface area contributed by atoms with E-state index < -0.39 is 6.04 Å². The van der Waals surface area contributed by atoms with Crippen LogP contribution in [0.5, 0.6) is 0 Å². The molecule has 2 aromatic carbocycles. The third-order valence-electron chi connectivity index (χ3n) is 5.66. The highest BCUT2D eigenvalue weighted by Crippen LogP contribution is 2.29. The number of hydrogen-bond donors (Lipinski definition) is 2. The molecule has 3 heterocycles. The van der Waals surface area contributed by atoms with Gasteiger partial charge in [-0.2, -0.15) is 0 Å². The van der Waals surface area contributed by atoms with E-state index in [0.717, 1.165) is 21.3 Å². The molecule has 2 atom stereocenters. The highest BCUT2D eigenvalue weighted by Gasteiger charge is 2.46. The number of thiazole rings is 1. The molecule has 0 bridgehead atoms. The summed E-state index contributed by atoms with van der Waals surface area (Å²) in [6.45, 7) is 1.00. The topological polar surface area (TPSA) is 91.6 Å². The maximum Gasteiger partial charge on any atom is 0.246 e. The third kappa shape index (κ3) is 3.29. The average Bonchev–Trinajstić information content (AvgIpc) is 3.29. The second-order valence-electron chi connectivity index (χ2n) is 7.58. The number of halogens is 1. The number of carbonyl (C=O) groups excluding carboxylic acids is 2. The number of hydrogen-bond acceptors (Lipinski definition) is 6. The molecule has 30 heavy (non-hydrogen) atoms. The summed E-state index contributed by atoms with van der Waals surface area (Å²) in [5.41, 5.74) is 8.41. The lowest BCUT2D eigenvalue weighted by atomic mass is 10.00. The molecular weight excluding hydrogens is 405 g/mol. The van der Waals surface area contributed by atoms with E-state index in [1.165, 1.54) is 23.5 Å². The molecule has 3 aromatic rings. The summed E-state index contributed by atoms with van der Waals surface area (Å²) in [5, 5.41) is 3.69. The van der Waals surface area contributed by atoms with E-state index in [-0.39, 0.29) is 30.3 Å². The number of nitrogen functional groups attached to an aromatic ring is 1. The Labute approximate surface area is 176 Å². The van der Waals surface area contributed by atoms with Crippen molar-refractivity contribution in [2.24, 2.45) is 0 Å². The smallest absolute Gasteiger partial charge is 0.246 e. The van der Waals surface area contributed by atoms with Crippen LogP contribution in [0.2, 0.25) is 0 Å². The molecule has 0 spiro atoms. The number of fused-ring (bicyclic) bond motifs is 2. The Balaban J connectivity index is 1.45. The van der Waals surface area contributed by atoms with Gasteiger partial charge in [0.1, 0.15) is 18.0 Å². The quantitative estimate of drug-likeness (QED) is 0.664. The van der Waals surface area contributed by atoms with Gasteiger partial charge in [-0.3, -0.25) is 14.9 Å². The molecule has 2 fully saturated rings. The van der Waals surface area contributed by atoms with Gasteiger partial charge in [-0.1, -0.05) is 35.6 Å². The standard InChI is InChI=1S/C21H20FN5O2S/c22-14-6-4-12(5-7-14)8-15-20(29)26(11-17-24-9-18(28)27(15)17)10-13-2-1-3-16-19(13)25-21(23)30-16/h1-7,15,17,24H,8-11H2,(H2,23,25)/t15-,17+/m0/s1. The summed E-state index contributed by atoms with van der Waals surface area (Å²) >= 11 is 1.42. The van der Waals surface area contributed by atoms with Crippen molar-refractivity contribution in [2.75, 3.05) is 18.8 Å². The number of carbonyl (C=O) groups is 2. The summed E-state index contributed by atoms with van der Waals surface area (Å²) in [6.07, 6.45) is 0.105. The summed E-state index contributed by atoms with van der Waals surface area (Å²) in [6, 6.07) is 11.3. The minimum atomic E-state index is -0.628. The van der Waals surface area contributed by atoms with Crippen LogP contribution in [0.3, 0.4) is 0 Å². The Morgan fingerprint density at radius 3 is 2.80 bits per heavy atom. The van der Waals surface area contributed by atoms with Crippen LogP contribution in [0.4, 0.5) is 9.52 Å². The SMILES string of the molecule is Nc1nc2c(CN3C[C@@H]4NCC(=O)N4[C@@H](Cc4ccc(F)cc4)C3=O)cccc2s1. The van der Waals surface area contributed by atoms with Gasteiger partial charge in [0, 0.05) is 13.0 Å². The van der Waals surface area contributed by atoms with E-state index in [1.54, 1.807) is 21.9 Å². The number of amides is 2. The van der Waals surface area contributed by atoms with Crippen LogP contribution in [0.15, 0.2) is 42.5 Å². The van der Waals surface area contributed by atoms with Gasteiger partial charge in [-0.25, -0.2) is 9.37 Å². The van der Waals surface area contributed by atoms with Crippen LogP contribution < -0.4 is 11.1 Å². The second kappa shape index (κ2) is 7.33. The maximum atomic E-state index is 13.4. The minimum absolute atomic E-state index is 0.0884. The fraction of sp³-hybridized carbons (Fsp3) is 0.286. The predicted molar refractivity (Wildman–Crippen MR) is 112 cm³/mol. The monoisotopic (exact) mass is 425 g/mol. The molecule has 0 radical (unpaired) electrons. The summed E-state index contributed by atoms with van der Waals surface area (Å²) < 4.78 is 14.3. The maximum absolute atomic E-state index is 13.4. The summed E-state index contributed by atoms with van der Waals surface area (Å²) in [5.74, 6) is -0.537. The van der Waals surface area contributed by atoms with Gasteiger partial charge in [-0.15, -0.1) is 0 Å². The molecule has 3 N–H and O–H groups in total. The number of nitrogens with two attached hydrogens (primary N) is 1. The van der Waals surface area contributed by atoms with Gasteiger partial charge in [0.05, 0.1) is 23.3 Å². The molecule has 0 unspecified atom stereocenters. The van der Waals surface area contributed by atoms with E-state index in [9.17, 15) is 14.0 Å². The van der Waals surface area contributed by atoms with E-state index in [1.807, 2.05) is 18.2 Å². The van der Waals surface area contributed by atoms with Crippen molar-refractivity contribution in [1.29, 1.82) is 0 Å². The van der Waals surface area contributed by atoms with Gasteiger partial charge < -0.3 is 15.5 Å². The van der Waals surface area contributed by atoms with Crippen LogP contribution in [0, 0.1) is 5.82 Å². The van der Waals surface area contributed by atoms with Crippen molar-refractivity contribution < 1.29 is 14.0 Å². The largest absolute Gasteiger partial charge is 0.375 e. The van der Waals surface area contributed by atoms with E-state index in [0.29, 0.717) is 24.6 Å². The fourth-order valence-corrected chi connectivity index (χ4v) is 5.05. The van der Waals surface area contributed by atoms with Crippen LogP contribution in [0.1, 0.15) is 11.1 Å². The zero-order chi connectivity index (χ0) is 20.8. The molecule has 2 saturated heterocycles. The van der Waals surface area contributed by atoms with Crippen molar-refractivity contribution in [3.05, 3.63) is 59.4 Å². The van der Waals surface area contributed by atoms with Gasteiger partial charge >= 0.3 is 0 Å². The Kier molecular flexibility index (Phi) is 4.63. The number of rotatable bonds is 4. The van der Waals surface area contributed by atoms with E-state index >= 15 is 0 Å². The second-order valence-corrected chi connectivity index (χ2v) is 8.64. The van der Waals surface area contributed by atoms with Crippen molar-refractivity contribution in [3.8, 4) is 0 Å². The van der Waals surface area contributed by atoms with Gasteiger partial charge in [0.15, 0.2) is 5.13 Å². The molecule has 9 heteroatoms. The Morgan fingerprint density at radius 2 is 2.00 bits per heavy atom. The van der Waals surface area contributed by atoms with Crippen LogP contribution in [0.25, 0.3) is 10.2 Å². The van der Waals surface area contributed by atoms with Crippen LogP contribution >= 0.6 is 11.3 Å². The molecule has 1 aromatic heterocycles. The normalized spacial score (nSPS) is 21.5. The van der Waals surface area contributed by atoms with Crippen molar-refractivity contribution in [2.45, 2.75) is 25.2 Å². The first kappa shape index (κ1) is 19.0. The zero-order valence-corrected chi connectivity index (χ0v) is 16.9. The average molecular weight is 425 g/mol. The van der Waals surface area contributed by atoms with E-state index in [2.05, 4.69) is 10.3 Å². The van der Waals surface area contributed by atoms with Crippen molar-refractivity contribution in [1.82, 2.24) is 20.1 Å². The van der Waals surface area contributed by atoms with Crippen molar-refractivity contribution >= 4 is 38.5 Å². The predicted octanol–water partition coefficient (Wildman–Crippen LogP) is 1.73. The number of para-hydroxylation sites is 1. The number of aromatic nitrogens is 1. The number of anilines is 1. The number of nitrogens with one attached hydrogen (secondary N) is 1. The number of nitrogens with zero attached hydrogens (tertiary/aromatic N) is 3. The lowest BCUT2D eigenvalue weighted by molar-refractivity contribution is -0.152. The summed E-state index contributed by atoms with van der Waals surface area (Å²) in [4.78, 5) is 33.7. The molecule has 7 nitrogen and oxygen atoms in total. The summed E-state index contributed by atoms with van der Waals surface area (Å²) in [7, 11) is 0. The molecular formula is C21H20FN5O2S. The molecule has 5 rings (SSSR count). The molecule has 0 aliphatic carbocycles. The van der Waals surface area contributed by atoms with Gasteiger partial charge in [0.2, 0.25) is 11.8 Å². The molecule has 154 valence electrons. The molecule has 2 aliphatic heterocycles. The Hall–Kier alpha value is -3.04. The highest BCUT2D eigenvalue weighted by molar-refractivity contribution is 7.22. The van der Waals surface area contributed by atoms with Gasteiger partial charge in [-0.05, 0) is 29.3 Å². The molecule has 2 amide bonds. The highest BCUT2D eigenvalue weighted by atomic mass is 32.1. The lowest BCUT2D eigenvalue weighted by Crippen LogP contribution is -2.63. The Bertz CT molecular complexity index is 1130. The lowest BCUT2D eigenvalue weighted by Gasteiger charge is -2.42. The van der Waals surface area contributed by atoms with Gasteiger partial charge in [0.25, 0.3) is 0 Å². The molecule has 0 saturated carbocycles. The van der Waals surface area contributed by atoms with E-state index in [4.69, 9.17) is 5.73 Å². The van der Waals surface area contributed by atoms with Crippen LogP contribution in [-0.4, -0.2) is 51.9 Å². The number of benzene rings is 2. The first-order chi connectivity index (χ1) is 14.5. The fourth-order valence-electron chi connectivity index (χ4n) is 4.27. The molecule has 2 aliphatic rings. The third-order valence-corrected chi connectivity index (χ3v) is 6.51. The zero-order valence-electron chi connectivity index (χ0n) is 16.0. The first-order valence-corrected chi connectivity index (χ1v) is 10.5. The number of piperazine rings is 1. The first-order valence-electron chi connectivity index (χ1n) is 9.71. The van der Waals surface area contributed by atoms with Crippen LogP contribution in [-0.2, 0) is 22.6 Å². The minimum Gasteiger partial charge on any atom is -0.375 e. The van der Waals surface area contributed by atoms with Crippen molar-refractivity contribution in [3.63, 3.8) is 0 Å². The Morgan fingerprint density at radius 1 is 1.20 bits per heavy atom.